The third-order valence-electron chi connectivity index (χ3n) is 3.74. The topological polar surface area (TPSA) is 37.4 Å². The summed E-state index contributed by atoms with van der Waals surface area (Å²) in [6, 6.07) is 15.2. The fourth-order valence-electron chi connectivity index (χ4n) is 2.64. The maximum Gasteiger partial charge on any atom is 0.258 e. The van der Waals surface area contributed by atoms with Crippen LogP contribution in [0, 0.1) is 0 Å². The van der Waals surface area contributed by atoms with E-state index < -0.39 is 0 Å². The summed E-state index contributed by atoms with van der Waals surface area (Å²) >= 11 is 0. The number of rotatable bonds is 3. The number of benzene rings is 2. The molecule has 1 aliphatic rings. The number of hydrogen-bond donors (Lipinski definition) is 0. The normalized spacial score (nSPS) is 15.1. The quantitative estimate of drug-likeness (QED) is 0.799. The molecule has 1 heterocycles. The van der Waals surface area contributed by atoms with E-state index in [1.165, 1.54) is 0 Å². The molecular weight excluding hydrogens is 250 g/mol. The van der Waals surface area contributed by atoms with Crippen LogP contribution in [0.1, 0.15) is 34.3 Å². The number of aldehydes is 1. The molecule has 3 rings (SSSR count). The summed E-state index contributed by atoms with van der Waals surface area (Å²) in [7, 11) is 0. The molecule has 2 aromatic rings. The first kappa shape index (κ1) is 12.6. The van der Waals surface area contributed by atoms with E-state index in [1.807, 2.05) is 55.5 Å². The number of fused-ring (bicyclic) bond motifs is 1. The summed E-state index contributed by atoms with van der Waals surface area (Å²) < 4.78 is 0. The van der Waals surface area contributed by atoms with Gasteiger partial charge in [-0.1, -0.05) is 43.3 Å². The van der Waals surface area contributed by atoms with Gasteiger partial charge in [0.15, 0.2) is 0 Å². The van der Waals surface area contributed by atoms with Crippen LogP contribution in [0.5, 0.6) is 0 Å². The molecule has 1 amide bonds. The van der Waals surface area contributed by atoms with Crippen molar-refractivity contribution in [2.24, 2.45) is 0 Å². The Hall–Kier alpha value is -2.42. The van der Waals surface area contributed by atoms with Gasteiger partial charge in [-0.25, -0.2) is 0 Å². The average Bonchev–Trinajstić information content (AvgIpc) is 2.84. The zero-order valence-electron chi connectivity index (χ0n) is 11.2. The summed E-state index contributed by atoms with van der Waals surface area (Å²) in [5, 5.41) is 0. The maximum absolute atomic E-state index is 12.5. The van der Waals surface area contributed by atoms with Crippen molar-refractivity contribution in [2.75, 3.05) is 4.90 Å². The lowest BCUT2D eigenvalue weighted by Crippen LogP contribution is -2.24. The van der Waals surface area contributed by atoms with Crippen molar-refractivity contribution in [3.63, 3.8) is 0 Å². The Morgan fingerprint density at radius 3 is 2.55 bits per heavy atom. The highest BCUT2D eigenvalue weighted by molar-refractivity contribution is 6.10. The molecule has 3 nitrogen and oxygen atoms in total. The molecule has 0 saturated carbocycles. The van der Waals surface area contributed by atoms with E-state index in [0.717, 1.165) is 28.7 Å². The van der Waals surface area contributed by atoms with Gasteiger partial charge in [-0.05, 0) is 23.3 Å². The van der Waals surface area contributed by atoms with Gasteiger partial charge in [-0.2, -0.15) is 0 Å². The zero-order valence-corrected chi connectivity index (χ0v) is 11.2. The highest BCUT2D eigenvalue weighted by Crippen LogP contribution is 2.33. The molecule has 0 aromatic heterocycles. The van der Waals surface area contributed by atoms with Crippen LogP contribution in [-0.4, -0.2) is 12.2 Å². The fourth-order valence-corrected chi connectivity index (χ4v) is 2.64. The van der Waals surface area contributed by atoms with Crippen molar-refractivity contribution >= 4 is 17.9 Å². The van der Waals surface area contributed by atoms with Crippen molar-refractivity contribution in [1.29, 1.82) is 0 Å². The van der Waals surface area contributed by atoms with Gasteiger partial charge >= 0.3 is 0 Å². The molecule has 0 saturated heterocycles. The van der Waals surface area contributed by atoms with Gasteiger partial charge < -0.3 is 9.69 Å². The summed E-state index contributed by atoms with van der Waals surface area (Å²) in [5.74, 6) is -0.214. The standard InChI is InChI=1S/C17H15NO2/c1-12(11-19)14-7-4-5-9-16(14)18-10-13-6-2-3-8-15(13)17(18)20/h2-9,11-12H,10H2,1H3/t12-/m1/s1. The van der Waals surface area contributed by atoms with Gasteiger partial charge in [0.25, 0.3) is 5.91 Å². The number of carbonyl (C=O) groups excluding carboxylic acids is 2. The summed E-state index contributed by atoms with van der Waals surface area (Å²) in [6.07, 6.45) is 0.909. The third kappa shape index (κ3) is 1.92. The predicted molar refractivity (Wildman–Crippen MR) is 77.9 cm³/mol. The van der Waals surface area contributed by atoms with Gasteiger partial charge in [0.2, 0.25) is 0 Å². The second-order valence-electron chi connectivity index (χ2n) is 5.03. The van der Waals surface area contributed by atoms with Crippen molar-refractivity contribution in [2.45, 2.75) is 19.4 Å². The molecule has 0 aliphatic carbocycles. The molecule has 0 spiro atoms. The monoisotopic (exact) mass is 265 g/mol. The minimum atomic E-state index is -0.220. The van der Waals surface area contributed by atoms with E-state index in [0.29, 0.717) is 6.54 Å². The number of carbonyl (C=O) groups is 2. The first-order chi connectivity index (χ1) is 9.72. The first-order valence-electron chi connectivity index (χ1n) is 6.66. The maximum atomic E-state index is 12.5. The van der Waals surface area contributed by atoms with E-state index >= 15 is 0 Å². The van der Waals surface area contributed by atoms with Crippen LogP contribution in [-0.2, 0) is 11.3 Å². The van der Waals surface area contributed by atoms with Crippen LogP contribution in [0.25, 0.3) is 0 Å². The fraction of sp³-hybridized carbons (Fsp3) is 0.176. The highest BCUT2D eigenvalue weighted by Gasteiger charge is 2.29. The van der Waals surface area contributed by atoms with Crippen LogP contribution in [0.2, 0.25) is 0 Å². The van der Waals surface area contributed by atoms with E-state index in [2.05, 4.69) is 0 Å². The zero-order chi connectivity index (χ0) is 14.1. The number of amides is 1. The molecule has 2 aromatic carbocycles. The molecule has 0 bridgehead atoms. The second kappa shape index (κ2) is 4.93. The van der Waals surface area contributed by atoms with E-state index in [9.17, 15) is 9.59 Å². The van der Waals surface area contributed by atoms with E-state index in [1.54, 1.807) is 4.90 Å². The lowest BCUT2D eigenvalue weighted by atomic mass is 10.00. The van der Waals surface area contributed by atoms with E-state index in [4.69, 9.17) is 0 Å². The Morgan fingerprint density at radius 2 is 1.80 bits per heavy atom. The van der Waals surface area contributed by atoms with Crippen LogP contribution in [0.4, 0.5) is 5.69 Å². The lowest BCUT2D eigenvalue weighted by Gasteiger charge is -2.21. The highest BCUT2D eigenvalue weighted by atomic mass is 16.2. The van der Waals surface area contributed by atoms with Gasteiger partial charge in [-0.15, -0.1) is 0 Å². The van der Waals surface area contributed by atoms with Gasteiger partial charge in [0.05, 0.1) is 6.54 Å². The number of nitrogens with zero attached hydrogens (tertiary/aromatic N) is 1. The molecular formula is C17H15NO2. The molecule has 20 heavy (non-hydrogen) atoms. The Bertz CT molecular complexity index is 678. The molecule has 0 fully saturated rings. The molecule has 3 heteroatoms. The summed E-state index contributed by atoms with van der Waals surface area (Å²) in [4.78, 5) is 25.3. The van der Waals surface area contributed by atoms with Crippen LogP contribution in [0.3, 0.4) is 0 Å². The summed E-state index contributed by atoms with van der Waals surface area (Å²) in [6.45, 7) is 2.41. The number of anilines is 1. The van der Waals surface area contributed by atoms with Gasteiger partial charge in [-0.3, -0.25) is 4.79 Å². The number of para-hydroxylation sites is 1. The molecule has 0 unspecified atom stereocenters. The van der Waals surface area contributed by atoms with E-state index in [-0.39, 0.29) is 11.8 Å². The van der Waals surface area contributed by atoms with Crippen LogP contribution < -0.4 is 4.90 Å². The minimum absolute atomic E-state index is 0.00569. The third-order valence-corrected chi connectivity index (χ3v) is 3.74. The molecule has 100 valence electrons. The molecule has 1 aliphatic heterocycles. The van der Waals surface area contributed by atoms with Crippen molar-refractivity contribution in [3.05, 3.63) is 65.2 Å². The van der Waals surface area contributed by atoms with Gasteiger partial charge in [0, 0.05) is 17.2 Å². The molecule has 1 atom stereocenters. The average molecular weight is 265 g/mol. The SMILES string of the molecule is C[C@H](C=O)c1ccccc1N1Cc2ccccc2C1=O. The Kier molecular flexibility index (Phi) is 3.11. The first-order valence-corrected chi connectivity index (χ1v) is 6.66. The predicted octanol–water partition coefficient (Wildman–Crippen LogP) is 3.15. The second-order valence-corrected chi connectivity index (χ2v) is 5.03. The molecule has 0 radical (unpaired) electrons. The lowest BCUT2D eigenvalue weighted by molar-refractivity contribution is -0.108. The van der Waals surface area contributed by atoms with Crippen LogP contribution in [0.15, 0.2) is 48.5 Å². The van der Waals surface area contributed by atoms with Crippen molar-refractivity contribution in [1.82, 2.24) is 0 Å². The minimum Gasteiger partial charge on any atom is -0.304 e. The molecule has 0 N–H and O–H groups in total. The smallest absolute Gasteiger partial charge is 0.258 e. The Labute approximate surface area is 117 Å². The van der Waals surface area contributed by atoms with Crippen molar-refractivity contribution < 1.29 is 9.59 Å². The number of hydrogen-bond acceptors (Lipinski definition) is 2. The largest absolute Gasteiger partial charge is 0.304 e. The Morgan fingerprint density at radius 1 is 1.10 bits per heavy atom. The summed E-state index contributed by atoms with van der Waals surface area (Å²) in [5.41, 5.74) is 3.50. The van der Waals surface area contributed by atoms with Crippen LogP contribution >= 0.6 is 0 Å². The Balaban J connectivity index is 2.04. The van der Waals surface area contributed by atoms with Crippen molar-refractivity contribution in [3.8, 4) is 0 Å². The van der Waals surface area contributed by atoms with Gasteiger partial charge in [0.1, 0.15) is 6.29 Å².